The summed E-state index contributed by atoms with van der Waals surface area (Å²) < 4.78 is 26.2. The first kappa shape index (κ1) is 21.6. The summed E-state index contributed by atoms with van der Waals surface area (Å²) in [4.78, 5) is 27.9. The van der Waals surface area contributed by atoms with Gasteiger partial charge in [-0.25, -0.2) is 8.42 Å². The molecule has 3 aromatic rings. The van der Waals surface area contributed by atoms with Gasteiger partial charge in [-0.15, -0.1) is 6.58 Å². The molecule has 2 aromatic carbocycles. The lowest BCUT2D eigenvalue weighted by Crippen LogP contribution is -2.17. The molecule has 156 valence electrons. The summed E-state index contributed by atoms with van der Waals surface area (Å²) in [5, 5.41) is 11.1. The van der Waals surface area contributed by atoms with E-state index in [9.17, 15) is 23.3 Å². The van der Waals surface area contributed by atoms with Crippen LogP contribution in [-0.4, -0.2) is 29.6 Å². The van der Waals surface area contributed by atoms with Gasteiger partial charge < -0.3 is 4.57 Å². The van der Waals surface area contributed by atoms with Crippen LogP contribution >= 0.6 is 11.3 Å². The molecule has 0 atom stereocenters. The van der Waals surface area contributed by atoms with Crippen LogP contribution in [0.4, 0.5) is 5.69 Å². The number of thiazole rings is 1. The molecule has 1 amide bonds. The zero-order valence-corrected chi connectivity index (χ0v) is 17.8. The number of rotatable bonds is 7. The third-order valence-corrected chi connectivity index (χ3v) is 7.24. The predicted molar refractivity (Wildman–Crippen MR) is 115 cm³/mol. The van der Waals surface area contributed by atoms with Crippen molar-refractivity contribution >= 4 is 43.0 Å². The molecule has 3 rings (SSSR count). The average molecular weight is 446 g/mol. The van der Waals surface area contributed by atoms with Crippen molar-refractivity contribution in [1.29, 1.82) is 0 Å². The number of hydrogen-bond donors (Lipinski definition) is 0. The number of amides is 1. The second-order valence-corrected chi connectivity index (χ2v) is 9.71. The normalized spacial score (nSPS) is 12.2. The van der Waals surface area contributed by atoms with Crippen LogP contribution in [0.25, 0.3) is 10.2 Å². The van der Waals surface area contributed by atoms with Crippen LogP contribution < -0.4 is 4.80 Å². The van der Waals surface area contributed by atoms with Gasteiger partial charge in [0.05, 0.1) is 32.2 Å². The van der Waals surface area contributed by atoms with Gasteiger partial charge in [0, 0.05) is 18.7 Å². The molecule has 0 bridgehead atoms. The van der Waals surface area contributed by atoms with Crippen LogP contribution in [0.5, 0.6) is 0 Å². The number of nitro groups is 1. The molecule has 30 heavy (non-hydrogen) atoms. The molecule has 0 N–H and O–H groups in total. The maximum Gasteiger partial charge on any atom is 0.271 e. The summed E-state index contributed by atoms with van der Waals surface area (Å²) >= 11 is 1.26. The fourth-order valence-corrected chi connectivity index (χ4v) is 4.78. The van der Waals surface area contributed by atoms with Gasteiger partial charge in [-0.05, 0) is 23.8 Å². The smallest absolute Gasteiger partial charge is 0.271 e. The van der Waals surface area contributed by atoms with Crippen LogP contribution in [0.15, 0.2) is 65.0 Å². The van der Waals surface area contributed by atoms with E-state index in [1.165, 1.54) is 35.6 Å². The number of carbonyl (C=O) groups excluding carboxylic acids is 1. The summed E-state index contributed by atoms with van der Waals surface area (Å²) in [6, 6.07) is 10.7. The number of hydrogen-bond acceptors (Lipinski definition) is 6. The van der Waals surface area contributed by atoms with Crippen LogP contribution in [0.3, 0.4) is 0 Å². The van der Waals surface area contributed by atoms with E-state index in [2.05, 4.69) is 11.6 Å². The first-order valence-corrected chi connectivity index (χ1v) is 11.5. The maximum atomic E-state index is 12.5. The summed E-state index contributed by atoms with van der Waals surface area (Å²) in [6.45, 7) is 5.61. The number of allylic oxidation sites excluding steroid dienone is 1. The van der Waals surface area contributed by atoms with E-state index in [0.29, 0.717) is 22.4 Å². The Bertz CT molecular complexity index is 1300. The number of aromatic nitrogens is 1. The molecule has 0 radical (unpaired) electrons. The lowest BCUT2D eigenvalue weighted by molar-refractivity contribution is -0.384. The minimum absolute atomic E-state index is 0.00795. The summed E-state index contributed by atoms with van der Waals surface area (Å²) in [5.74, 6) is -0.395. The highest BCUT2D eigenvalue weighted by Gasteiger charge is 2.14. The molecule has 0 saturated heterocycles. The van der Waals surface area contributed by atoms with E-state index in [1.54, 1.807) is 35.8 Å². The molecule has 8 nitrogen and oxygen atoms in total. The zero-order chi connectivity index (χ0) is 21.9. The standard InChI is InChI=1S/C20H19N3O5S2/c1-3-11-22-17-13-15(23(25)26)7-10-18(17)29-20(22)21-19(24)12-14-5-8-16(9-6-14)30(27,28)4-2/h3,5-10,13H,1,4,11-12H2,2H3. The monoisotopic (exact) mass is 445 g/mol. The van der Waals surface area contributed by atoms with Gasteiger partial charge in [-0.2, -0.15) is 4.99 Å². The fourth-order valence-electron chi connectivity index (χ4n) is 2.86. The third-order valence-electron chi connectivity index (χ3n) is 4.43. The molecule has 0 unspecified atom stereocenters. The van der Waals surface area contributed by atoms with Crippen molar-refractivity contribution in [2.45, 2.75) is 24.8 Å². The Morgan fingerprint density at radius 2 is 1.97 bits per heavy atom. The minimum Gasteiger partial charge on any atom is -0.312 e. The Morgan fingerprint density at radius 1 is 1.27 bits per heavy atom. The van der Waals surface area contributed by atoms with Gasteiger partial charge >= 0.3 is 0 Å². The summed E-state index contributed by atoms with van der Waals surface area (Å²) in [5.41, 5.74) is 1.21. The van der Waals surface area contributed by atoms with Crippen molar-refractivity contribution in [2.24, 2.45) is 4.99 Å². The van der Waals surface area contributed by atoms with Gasteiger partial charge in [0.25, 0.3) is 11.6 Å². The summed E-state index contributed by atoms with van der Waals surface area (Å²) in [7, 11) is -3.30. The topological polar surface area (TPSA) is 112 Å². The molecule has 0 saturated carbocycles. The first-order chi connectivity index (χ1) is 14.2. The number of carbonyl (C=O) groups is 1. The lowest BCUT2D eigenvalue weighted by atomic mass is 10.1. The Hall–Kier alpha value is -3.11. The Morgan fingerprint density at radius 3 is 2.57 bits per heavy atom. The number of benzene rings is 2. The van der Waals surface area contributed by atoms with E-state index < -0.39 is 20.7 Å². The highest BCUT2D eigenvalue weighted by atomic mass is 32.2. The Kier molecular flexibility index (Phi) is 6.28. The van der Waals surface area contributed by atoms with Crippen molar-refractivity contribution in [3.8, 4) is 0 Å². The van der Waals surface area contributed by atoms with Gasteiger partial charge in [0.1, 0.15) is 0 Å². The van der Waals surface area contributed by atoms with Gasteiger partial charge in [0.2, 0.25) is 0 Å². The quantitative estimate of drug-likeness (QED) is 0.315. The van der Waals surface area contributed by atoms with Crippen molar-refractivity contribution in [3.05, 3.63) is 75.6 Å². The van der Waals surface area contributed by atoms with Gasteiger partial charge in [0.15, 0.2) is 14.6 Å². The molecule has 1 heterocycles. The number of nitrogens with zero attached hydrogens (tertiary/aromatic N) is 3. The highest BCUT2D eigenvalue weighted by molar-refractivity contribution is 7.91. The Labute approximate surface area is 176 Å². The minimum atomic E-state index is -3.30. The SMILES string of the molecule is C=CCn1c(=NC(=O)Cc2ccc(S(=O)(=O)CC)cc2)sc2ccc([N+](=O)[O-])cc21. The molecule has 10 heteroatoms. The number of fused-ring (bicyclic) bond motifs is 1. The zero-order valence-electron chi connectivity index (χ0n) is 16.1. The fraction of sp³-hybridized carbons (Fsp3) is 0.200. The van der Waals surface area contributed by atoms with Gasteiger partial charge in [-0.1, -0.05) is 36.5 Å². The van der Waals surface area contributed by atoms with E-state index in [1.807, 2.05) is 0 Å². The lowest BCUT2D eigenvalue weighted by Gasteiger charge is -2.03. The van der Waals surface area contributed by atoms with Crippen LogP contribution in [0.2, 0.25) is 0 Å². The Balaban J connectivity index is 1.94. The molecule has 0 spiro atoms. The average Bonchev–Trinajstić information content (AvgIpc) is 3.05. The highest BCUT2D eigenvalue weighted by Crippen LogP contribution is 2.23. The van der Waals surface area contributed by atoms with Crippen molar-refractivity contribution < 1.29 is 18.1 Å². The van der Waals surface area contributed by atoms with E-state index in [-0.39, 0.29) is 22.8 Å². The molecule has 0 aliphatic rings. The second-order valence-electron chi connectivity index (χ2n) is 6.42. The largest absolute Gasteiger partial charge is 0.312 e. The molecular weight excluding hydrogens is 426 g/mol. The van der Waals surface area contributed by atoms with E-state index >= 15 is 0 Å². The molecule has 0 fully saturated rings. The molecule has 0 aliphatic heterocycles. The van der Waals surface area contributed by atoms with Crippen molar-refractivity contribution in [1.82, 2.24) is 4.57 Å². The van der Waals surface area contributed by atoms with Crippen molar-refractivity contribution in [2.75, 3.05) is 5.75 Å². The van der Waals surface area contributed by atoms with Crippen LogP contribution in [0, 0.1) is 10.1 Å². The van der Waals surface area contributed by atoms with E-state index in [0.717, 1.165) is 4.70 Å². The van der Waals surface area contributed by atoms with Crippen LogP contribution in [0.1, 0.15) is 12.5 Å². The maximum absolute atomic E-state index is 12.5. The molecular formula is C20H19N3O5S2. The van der Waals surface area contributed by atoms with Crippen LogP contribution in [-0.2, 0) is 27.6 Å². The first-order valence-electron chi connectivity index (χ1n) is 9.03. The summed E-state index contributed by atoms with van der Waals surface area (Å²) in [6.07, 6.45) is 1.64. The number of non-ortho nitro benzene ring substituents is 1. The molecule has 0 aliphatic carbocycles. The number of sulfone groups is 1. The van der Waals surface area contributed by atoms with E-state index in [4.69, 9.17) is 0 Å². The second kappa shape index (κ2) is 8.72. The third kappa shape index (κ3) is 4.55. The van der Waals surface area contributed by atoms with Gasteiger partial charge in [-0.3, -0.25) is 14.9 Å². The number of nitro benzene ring substituents is 1. The molecule has 1 aromatic heterocycles. The predicted octanol–water partition coefficient (Wildman–Crippen LogP) is 3.26. The van der Waals surface area contributed by atoms with Crippen molar-refractivity contribution in [3.63, 3.8) is 0 Å².